The molecule has 0 fully saturated rings. The quantitative estimate of drug-likeness (QED) is 0.646. The molecule has 2 rings (SSSR count). The van der Waals surface area contributed by atoms with Crippen LogP contribution in [-0.4, -0.2) is 4.92 Å². The van der Waals surface area contributed by atoms with Gasteiger partial charge in [0.25, 0.3) is 5.69 Å². The van der Waals surface area contributed by atoms with Gasteiger partial charge >= 0.3 is 0 Å². The molecule has 2 aromatic carbocycles. The highest BCUT2D eigenvalue weighted by Crippen LogP contribution is 2.22. The fourth-order valence-electron chi connectivity index (χ4n) is 2.20. The van der Waals surface area contributed by atoms with Gasteiger partial charge in [0, 0.05) is 24.7 Å². The van der Waals surface area contributed by atoms with Gasteiger partial charge in [0.15, 0.2) is 0 Å². The summed E-state index contributed by atoms with van der Waals surface area (Å²) in [6.07, 6.45) is 0.808. The SMILES string of the molecule is CCC(NCc1ccc(F)cc1)c1cccc([N+](=O)[O-])c1. The predicted octanol–water partition coefficient (Wildman–Crippen LogP) is 3.97. The molecule has 1 atom stereocenters. The Morgan fingerprint density at radius 3 is 2.57 bits per heavy atom. The first-order valence-electron chi connectivity index (χ1n) is 6.82. The van der Waals surface area contributed by atoms with Crippen molar-refractivity contribution >= 4 is 5.69 Å². The first-order chi connectivity index (χ1) is 10.1. The van der Waals surface area contributed by atoms with E-state index < -0.39 is 4.92 Å². The van der Waals surface area contributed by atoms with Gasteiger partial charge < -0.3 is 5.32 Å². The van der Waals surface area contributed by atoms with Crippen LogP contribution in [0.1, 0.15) is 30.5 Å². The van der Waals surface area contributed by atoms with Crippen molar-refractivity contribution in [1.82, 2.24) is 5.32 Å². The highest BCUT2D eigenvalue weighted by molar-refractivity contribution is 5.35. The second-order valence-electron chi connectivity index (χ2n) is 4.82. The van der Waals surface area contributed by atoms with E-state index in [1.165, 1.54) is 18.2 Å². The second kappa shape index (κ2) is 6.95. The molecule has 4 nitrogen and oxygen atoms in total. The van der Waals surface area contributed by atoms with Crippen LogP contribution in [0.2, 0.25) is 0 Å². The maximum atomic E-state index is 12.9. The summed E-state index contributed by atoms with van der Waals surface area (Å²) in [5.41, 5.74) is 1.95. The van der Waals surface area contributed by atoms with Gasteiger partial charge in [-0.25, -0.2) is 4.39 Å². The molecule has 21 heavy (non-hydrogen) atoms. The fourth-order valence-corrected chi connectivity index (χ4v) is 2.20. The minimum atomic E-state index is -0.393. The molecule has 0 amide bonds. The molecule has 0 aliphatic heterocycles. The van der Waals surface area contributed by atoms with Crippen molar-refractivity contribution in [2.24, 2.45) is 0 Å². The number of hydrogen-bond acceptors (Lipinski definition) is 3. The molecule has 0 aliphatic carbocycles. The Labute approximate surface area is 122 Å². The lowest BCUT2D eigenvalue weighted by Crippen LogP contribution is -2.20. The summed E-state index contributed by atoms with van der Waals surface area (Å²) in [5.74, 6) is -0.260. The number of nitro benzene ring substituents is 1. The summed E-state index contributed by atoms with van der Waals surface area (Å²) < 4.78 is 12.9. The maximum Gasteiger partial charge on any atom is 0.269 e. The molecule has 1 N–H and O–H groups in total. The largest absolute Gasteiger partial charge is 0.306 e. The zero-order chi connectivity index (χ0) is 15.2. The van der Waals surface area contributed by atoms with Crippen molar-refractivity contribution in [2.45, 2.75) is 25.9 Å². The fraction of sp³-hybridized carbons (Fsp3) is 0.250. The monoisotopic (exact) mass is 288 g/mol. The van der Waals surface area contributed by atoms with E-state index in [9.17, 15) is 14.5 Å². The molecule has 0 saturated carbocycles. The lowest BCUT2D eigenvalue weighted by molar-refractivity contribution is -0.384. The Morgan fingerprint density at radius 2 is 1.95 bits per heavy atom. The number of rotatable bonds is 6. The Bertz CT molecular complexity index is 614. The minimum absolute atomic E-state index is 0.0231. The first kappa shape index (κ1) is 15.1. The van der Waals surface area contributed by atoms with E-state index in [0.29, 0.717) is 6.54 Å². The molecule has 0 aromatic heterocycles. The van der Waals surface area contributed by atoms with Crippen LogP contribution in [0.25, 0.3) is 0 Å². The molecule has 0 saturated heterocycles. The number of non-ortho nitro benzene ring substituents is 1. The zero-order valence-corrected chi connectivity index (χ0v) is 11.8. The van der Waals surface area contributed by atoms with Crippen molar-refractivity contribution in [1.29, 1.82) is 0 Å². The van der Waals surface area contributed by atoms with Crippen LogP contribution in [0.5, 0.6) is 0 Å². The average Bonchev–Trinajstić information content (AvgIpc) is 2.50. The van der Waals surface area contributed by atoms with Crippen molar-refractivity contribution in [3.63, 3.8) is 0 Å². The van der Waals surface area contributed by atoms with Crippen LogP contribution in [0, 0.1) is 15.9 Å². The van der Waals surface area contributed by atoms with E-state index in [-0.39, 0.29) is 17.5 Å². The summed E-state index contributed by atoms with van der Waals surface area (Å²) in [4.78, 5) is 10.4. The van der Waals surface area contributed by atoms with Gasteiger partial charge in [-0.2, -0.15) is 0 Å². The molecule has 5 heteroatoms. The summed E-state index contributed by atoms with van der Waals surface area (Å²) in [5, 5.41) is 14.2. The third-order valence-electron chi connectivity index (χ3n) is 3.36. The standard InChI is InChI=1S/C16H17FN2O2/c1-2-16(13-4-3-5-15(10-13)19(20)21)18-11-12-6-8-14(17)9-7-12/h3-10,16,18H,2,11H2,1H3. The van der Waals surface area contributed by atoms with Gasteiger partial charge in [0.2, 0.25) is 0 Å². The molecule has 0 aliphatic rings. The van der Waals surface area contributed by atoms with Crippen molar-refractivity contribution < 1.29 is 9.31 Å². The number of halogens is 1. The van der Waals surface area contributed by atoms with Gasteiger partial charge in [-0.05, 0) is 29.7 Å². The Balaban J connectivity index is 2.07. The number of nitro groups is 1. The van der Waals surface area contributed by atoms with E-state index in [1.54, 1.807) is 24.3 Å². The third kappa shape index (κ3) is 4.10. The van der Waals surface area contributed by atoms with Gasteiger partial charge in [-0.15, -0.1) is 0 Å². The summed E-state index contributed by atoms with van der Waals surface area (Å²) >= 11 is 0. The first-order valence-corrected chi connectivity index (χ1v) is 6.82. The Kier molecular flexibility index (Phi) is 5.00. The molecule has 110 valence electrons. The van der Waals surface area contributed by atoms with Crippen molar-refractivity contribution in [3.05, 3.63) is 75.6 Å². The summed E-state index contributed by atoms with van der Waals surface area (Å²) in [7, 11) is 0. The summed E-state index contributed by atoms with van der Waals surface area (Å²) in [6.45, 7) is 2.60. The highest BCUT2D eigenvalue weighted by Gasteiger charge is 2.13. The number of hydrogen-bond donors (Lipinski definition) is 1. The lowest BCUT2D eigenvalue weighted by Gasteiger charge is -2.17. The van der Waals surface area contributed by atoms with Crippen LogP contribution in [0.4, 0.5) is 10.1 Å². The molecule has 0 bridgehead atoms. The van der Waals surface area contributed by atoms with Gasteiger partial charge in [0.05, 0.1) is 4.92 Å². The van der Waals surface area contributed by atoms with E-state index >= 15 is 0 Å². The topological polar surface area (TPSA) is 55.2 Å². The van der Waals surface area contributed by atoms with Crippen LogP contribution >= 0.6 is 0 Å². The predicted molar refractivity (Wildman–Crippen MR) is 79.4 cm³/mol. The van der Waals surface area contributed by atoms with E-state index in [4.69, 9.17) is 0 Å². The van der Waals surface area contributed by atoms with Gasteiger partial charge in [-0.3, -0.25) is 10.1 Å². The molecule has 0 radical (unpaired) electrons. The number of benzene rings is 2. The van der Waals surface area contributed by atoms with Crippen molar-refractivity contribution in [3.8, 4) is 0 Å². The molecular weight excluding hydrogens is 271 g/mol. The smallest absolute Gasteiger partial charge is 0.269 e. The molecule has 1 unspecified atom stereocenters. The summed E-state index contributed by atoms with van der Waals surface area (Å²) in [6, 6.07) is 13.0. The zero-order valence-electron chi connectivity index (χ0n) is 11.8. The van der Waals surface area contributed by atoms with Crippen LogP contribution in [0.3, 0.4) is 0 Å². The lowest BCUT2D eigenvalue weighted by atomic mass is 10.0. The van der Waals surface area contributed by atoms with E-state index in [0.717, 1.165) is 17.5 Å². The Morgan fingerprint density at radius 1 is 1.24 bits per heavy atom. The molecular formula is C16H17FN2O2. The van der Waals surface area contributed by atoms with Crippen LogP contribution < -0.4 is 5.32 Å². The van der Waals surface area contributed by atoms with Crippen LogP contribution in [-0.2, 0) is 6.54 Å². The van der Waals surface area contributed by atoms with E-state index in [2.05, 4.69) is 5.32 Å². The number of nitrogens with zero attached hydrogens (tertiary/aromatic N) is 1. The molecule has 0 heterocycles. The maximum absolute atomic E-state index is 12.9. The second-order valence-corrected chi connectivity index (χ2v) is 4.82. The van der Waals surface area contributed by atoms with Crippen LogP contribution in [0.15, 0.2) is 48.5 Å². The minimum Gasteiger partial charge on any atom is -0.306 e. The Hall–Kier alpha value is -2.27. The van der Waals surface area contributed by atoms with Crippen molar-refractivity contribution in [2.75, 3.05) is 0 Å². The molecule has 2 aromatic rings. The van der Waals surface area contributed by atoms with Gasteiger partial charge in [0.1, 0.15) is 5.82 Å². The number of nitrogens with one attached hydrogen (secondary N) is 1. The van der Waals surface area contributed by atoms with E-state index in [1.807, 2.05) is 13.0 Å². The third-order valence-corrected chi connectivity index (χ3v) is 3.36. The normalized spacial score (nSPS) is 12.1. The van der Waals surface area contributed by atoms with Gasteiger partial charge in [-0.1, -0.05) is 31.2 Å². The highest BCUT2D eigenvalue weighted by atomic mass is 19.1. The molecule has 0 spiro atoms. The average molecular weight is 288 g/mol.